The first-order valence-electron chi connectivity index (χ1n) is 6.90. The largest absolute Gasteiger partial charge is 0.493 e. The summed E-state index contributed by atoms with van der Waals surface area (Å²) in [6.45, 7) is 0. The third-order valence-corrected chi connectivity index (χ3v) is 3.25. The number of pyridine rings is 1. The Morgan fingerprint density at radius 2 is 1.70 bits per heavy atom. The van der Waals surface area contributed by atoms with Crippen molar-refractivity contribution in [1.29, 1.82) is 0 Å². The molecule has 7 heteroatoms. The number of anilines is 2. The number of nitrogens with zero attached hydrogens (tertiary/aromatic N) is 3. The van der Waals surface area contributed by atoms with E-state index in [0.717, 1.165) is 5.69 Å². The van der Waals surface area contributed by atoms with Crippen molar-refractivity contribution < 1.29 is 14.2 Å². The highest BCUT2D eigenvalue weighted by atomic mass is 16.5. The van der Waals surface area contributed by atoms with E-state index in [1.54, 1.807) is 45.9 Å². The molecule has 1 aromatic carbocycles. The number of benzene rings is 1. The highest BCUT2D eigenvalue weighted by Crippen LogP contribution is 2.40. The molecule has 0 aliphatic carbocycles. The molecule has 0 fully saturated rings. The first-order valence-corrected chi connectivity index (χ1v) is 6.90. The summed E-state index contributed by atoms with van der Waals surface area (Å²) in [5.41, 5.74) is 2.06. The van der Waals surface area contributed by atoms with Gasteiger partial charge in [0.2, 0.25) is 5.75 Å². The summed E-state index contributed by atoms with van der Waals surface area (Å²) >= 11 is 0. The van der Waals surface area contributed by atoms with E-state index in [-0.39, 0.29) is 0 Å². The van der Waals surface area contributed by atoms with E-state index in [1.165, 1.54) is 0 Å². The van der Waals surface area contributed by atoms with Crippen molar-refractivity contribution in [2.45, 2.75) is 0 Å². The van der Waals surface area contributed by atoms with Crippen LogP contribution in [0.2, 0.25) is 0 Å². The van der Waals surface area contributed by atoms with Crippen LogP contribution in [0.5, 0.6) is 17.2 Å². The minimum Gasteiger partial charge on any atom is -0.493 e. The van der Waals surface area contributed by atoms with Crippen LogP contribution in [0.25, 0.3) is 11.2 Å². The van der Waals surface area contributed by atoms with Crippen LogP contribution in [-0.2, 0) is 0 Å². The Hall–Kier alpha value is -3.09. The topological polar surface area (TPSA) is 78.4 Å². The third-order valence-electron chi connectivity index (χ3n) is 3.25. The molecule has 1 N–H and O–H groups in total. The second-order valence-corrected chi connectivity index (χ2v) is 4.64. The predicted octanol–water partition coefficient (Wildman–Crippen LogP) is 2.79. The van der Waals surface area contributed by atoms with E-state index in [2.05, 4.69) is 20.3 Å². The molecule has 0 spiro atoms. The van der Waals surface area contributed by atoms with Crippen molar-refractivity contribution in [3.05, 3.63) is 36.7 Å². The Bertz CT molecular complexity index is 813. The van der Waals surface area contributed by atoms with E-state index >= 15 is 0 Å². The molecule has 0 bridgehead atoms. The molecule has 3 rings (SSSR count). The summed E-state index contributed by atoms with van der Waals surface area (Å²) in [7, 11) is 4.71. The van der Waals surface area contributed by atoms with Crippen molar-refractivity contribution in [3.63, 3.8) is 0 Å². The lowest BCUT2D eigenvalue weighted by molar-refractivity contribution is 0.324. The average Bonchev–Trinajstić information content (AvgIpc) is 2.60. The van der Waals surface area contributed by atoms with Crippen LogP contribution in [0.4, 0.5) is 11.5 Å². The summed E-state index contributed by atoms with van der Waals surface area (Å²) in [4.78, 5) is 12.9. The lowest BCUT2D eigenvalue weighted by Gasteiger charge is -2.14. The molecular formula is C16H16N4O3. The van der Waals surface area contributed by atoms with Gasteiger partial charge in [0.1, 0.15) is 11.3 Å². The second-order valence-electron chi connectivity index (χ2n) is 4.64. The summed E-state index contributed by atoms with van der Waals surface area (Å²) < 4.78 is 16.0. The quantitative estimate of drug-likeness (QED) is 0.776. The highest BCUT2D eigenvalue weighted by molar-refractivity contribution is 5.73. The Labute approximate surface area is 133 Å². The van der Waals surface area contributed by atoms with Gasteiger partial charge in [0, 0.05) is 24.0 Å². The van der Waals surface area contributed by atoms with Gasteiger partial charge in [0.15, 0.2) is 17.1 Å². The highest BCUT2D eigenvalue weighted by Gasteiger charge is 2.13. The van der Waals surface area contributed by atoms with E-state index in [9.17, 15) is 0 Å². The fourth-order valence-corrected chi connectivity index (χ4v) is 2.22. The van der Waals surface area contributed by atoms with Crippen LogP contribution in [0, 0.1) is 0 Å². The molecular weight excluding hydrogens is 296 g/mol. The van der Waals surface area contributed by atoms with Gasteiger partial charge in [0.05, 0.1) is 27.5 Å². The van der Waals surface area contributed by atoms with E-state index in [4.69, 9.17) is 14.2 Å². The number of nitrogens with one attached hydrogen (secondary N) is 1. The molecule has 0 aliphatic heterocycles. The number of hydrogen-bond donors (Lipinski definition) is 1. The number of methoxy groups -OCH3 is 3. The molecule has 2 aromatic heterocycles. The predicted molar refractivity (Wildman–Crippen MR) is 86.7 cm³/mol. The third kappa shape index (κ3) is 2.94. The zero-order chi connectivity index (χ0) is 16.2. The summed E-state index contributed by atoms with van der Waals surface area (Å²) in [5, 5.41) is 3.18. The Morgan fingerprint density at radius 3 is 2.35 bits per heavy atom. The van der Waals surface area contributed by atoms with Crippen LogP contribution >= 0.6 is 0 Å². The van der Waals surface area contributed by atoms with Crippen molar-refractivity contribution in [2.75, 3.05) is 26.6 Å². The summed E-state index contributed by atoms with van der Waals surface area (Å²) in [5.74, 6) is 2.25. The lowest BCUT2D eigenvalue weighted by atomic mass is 10.2. The number of fused-ring (bicyclic) bond motifs is 1. The number of ether oxygens (including phenoxy) is 3. The van der Waals surface area contributed by atoms with Gasteiger partial charge in [-0.05, 0) is 12.1 Å². The first kappa shape index (κ1) is 14.8. The summed E-state index contributed by atoms with van der Waals surface area (Å²) in [6, 6.07) is 7.28. The van der Waals surface area contributed by atoms with Gasteiger partial charge in [-0.1, -0.05) is 0 Å². The van der Waals surface area contributed by atoms with Crippen molar-refractivity contribution >= 4 is 22.7 Å². The van der Waals surface area contributed by atoms with Gasteiger partial charge >= 0.3 is 0 Å². The molecule has 0 saturated carbocycles. The maximum absolute atomic E-state index is 5.34. The Balaban J connectivity index is 1.97. The average molecular weight is 312 g/mol. The van der Waals surface area contributed by atoms with Gasteiger partial charge in [0.25, 0.3) is 0 Å². The van der Waals surface area contributed by atoms with E-state index in [1.807, 2.05) is 12.1 Å². The van der Waals surface area contributed by atoms with Crippen molar-refractivity contribution in [2.24, 2.45) is 0 Å². The summed E-state index contributed by atoms with van der Waals surface area (Å²) in [6.07, 6.45) is 3.31. The monoisotopic (exact) mass is 312 g/mol. The normalized spacial score (nSPS) is 10.4. The van der Waals surface area contributed by atoms with Gasteiger partial charge in [-0.2, -0.15) is 0 Å². The van der Waals surface area contributed by atoms with Crippen LogP contribution in [0.15, 0.2) is 36.7 Å². The fourth-order valence-electron chi connectivity index (χ4n) is 2.22. The SMILES string of the molecule is COc1cc(Nc2cnc3ncccc3n2)cc(OC)c1OC. The molecule has 7 nitrogen and oxygen atoms in total. The van der Waals surface area contributed by atoms with Crippen LogP contribution in [0.1, 0.15) is 0 Å². The number of rotatable bonds is 5. The zero-order valence-electron chi connectivity index (χ0n) is 13.0. The molecule has 118 valence electrons. The molecule has 0 amide bonds. The standard InChI is InChI=1S/C16H16N4O3/c1-21-12-7-10(8-13(22-2)15(12)23-3)19-14-9-18-16-11(20-14)5-4-6-17-16/h4-9H,1-3H3,(H,19,20). The molecule has 0 radical (unpaired) electrons. The maximum Gasteiger partial charge on any atom is 0.203 e. The lowest BCUT2D eigenvalue weighted by Crippen LogP contribution is -1.99. The Kier molecular flexibility index (Phi) is 4.09. The van der Waals surface area contributed by atoms with Crippen LogP contribution < -0.4 is 19.5 Å². The zero-order valence-corrected chi connectivity index (χ0v) is 13.0. The van der Waals surface area contributed by atoms with Gasteiger partial charge < -0.3 is 19.5 Å². The molecule has 0 unspecified atom stereocenters. The number of hydrogen-bond acceptors (Lipinski definition) is 7. The number of aromatic nitrogens is 3. The van der Waals surface area contributed by atoms with Gasteiger partial charge in [-0.25, -0.2) is 15.0 Å². The molecule has 2 heterocycles. The molecule has 0 saturated heterocycles. The molecule has 0 aliphatic rings. The van der Waals surface area contributed by atoms with Crippen LogP contribution in [0.3, 0.4) is 0 Å². The minimum absolute atomic E-state index is 0.536. The fraction of sp³-hybridized carbons (Fsp3) is 0.188. The first-order chi connectivity index (χ1) is 11.2. The van der Waals surface area contributed by atoms with E-state index < -0.39 is 0 Å². The van der Waals surface area contributed by atoms with Crippen molar-refractivity contribution in [3.8, 4) is 17.2 Å². The molecule has 3 aromatic rings. The molecule has 0 atom stereocenters. The maximum atomic E-state index is 5.34. The second kappa shape index (κ2) is 6.35. The van der Waals surface area contributed by atoms with Gasteiger partial charge in [-0.15, -0.1) is 0 Å². The molecule has 23 heavy (non-hydrogen) atoms. The van der Waals surface area contributed by atoms with E-state index in [0.29, 0.717) is 34.2 Å². The van der Waals surface area contributed by atoms with Crippen molar-refractivity contribution in [1.82, 2.24) is 15.0 Å². The smallest absolute Gasteiger partial charge is 0.203 e. The minimum atomic E-state index is 0.536. The Morgan fingerprint density at radius 1 is 0.957 bits per heavy atom. The van der Waals surface area contributed by atoms with Gasteiger partial charge in [-0.3, -0.25) is 0 Å². The van der Waals surface area contributed by atoms with Crippen LogP contribution in [-0.4, -0.2) is 36.3 Å².